The predicted octanol–water partition coefficient (Wildman–Crippen LogP) is 4.86. The highest BCUT2D eigenvalue weighted by molar-refractivity contribution is 8.22. The van der Waals surface area contributed by atoms with Crippen molar-refractivity contribution in [2.45, 2.75) is 51.9 Å². The van der Waals surface area contributed by atoms with Gasteiger partial charge in [0.15, 0.2) is 0 Å². The fraction of sp³-hybridized carbons (Fsp3) is 0.588. The highest BCUT2D eigenvalue weighted by Gasteiger charge is 2.26. The third kappa shape index (κ3) is 6.92. The quantitative estimate of drug-likeness (QED) is 0.635. The van der Waals surface area contributed by atoms with Crippen LogP contribution in [0, 0.1) is 0 Å². The van der Waals surface area contributed by atoms with Crippen molar-refractivity contribution >= 4 is 28.2 Å². The molecule has 0 saturated carbocycles. The molecule has 1 rings (SSSR count). The Morgan fingerprint density at radius 2 is 1.71 bits per heavy atom. The third-order valence-electron chi connectivity index (χ3n) is 3.32. The smallest absolute Gasteiger partial charge is 0.103 e. The van der Waals surface area contributed by atoms with Gasteiger partial charge in [0.2, 0.25) is 0 Å². The minimum atomic E-state index is -0.371. The monoisotopic (exact) mass is 326 g/mol. The van der Waals surface area contributed by atoms with Crippen LogP contribution < -0.4 is 0 Å². The summed E-state index contributed by atoms with van der Waals surface area (Å²) in [6.07, 6.45) is 2.82. The van der Waals surface area contributed by atoms with Gasteiger partial charge in [0.25, 0.3) is 0 Å². The van der Waals surface area contributed by atoms with Gasteiger partial charge in [-0.2, -0.15) is 0 Å². The fourth-order valence-electron chi connectivity index (χ4n) is 1.78. The Kier molecular flexibility index (Phi) is 7.34. The molecule has 0 aliphatic heterocycles. The summed E-state index contributed by atoms with van der Waals surface area (Å²) in [4.78, 5) is 0. The van der Waals surface area contributed by atoms with E-state index >= 15 is 0 Å². The molecule has 0 fully saturated rings. The number of hydrogen-bond donors (Lipinski definition) is 0. The molecule has 1 aromatic rings. The van der Waals surface area contributed by atoms with Gasteiger partial charge in [0.1, 0.15) is 5.60 Å². The second kappa shape index (κ2) is 8.28. The number of benzene rings is 1. The van der Waals surface area contributed by atoms with Crippen molar-refractivity contribution < 1.29 is 9.47 Å². The Morgan fingerprint density at radius 3 is 2.29 bits per heavy atom. The first-order chi connectivity index (χ1) is 9.77. The molecule has 0 aliphatic carbocycles. The molecule has 0 amide bonds. The predicted molar refractivity (Wildman–Crippen MR) is 96.1 cm³/mol. The zero-order valence-corrected chi connectivity index (χ0v) is 15.3. The number of thioether (sulfide) groups is 1. The number of hydrogen-bond acceptors (Lipinski definition) is 4. The van der Waals surface area contributed by atoms with Crippen molar-refractivity contribution in [1.29, 1.82) is 0 Å². The van der Waals surface area contributed by atoms with Crippen LogP contribution in [-0.4, -0.2) is 28.3 Å². The lowest BCUT2D eigenvalue weighted by Crippen LogP contribution is -2.34. The van der Waals surface area contributed by atoms with Crippen molar-refractivity contribution in [3.8, 4) is 0 Å². The average Bonchev–Trinajstić information content (AvgIpc) is 2.45. The number of thiocarbonyl (C=S) groups is 1. The largest absolute Gasteiger partial charge is 0.371 e. The summed E-state index contributed by atoms with van der Waals surface area (Å²) in [5.74, 6) is 0. The maximum atomic E-state index is 6.00. The maximum Gasteiger partial charge on any atom is 0.103 e. The van der Waals surface area contributed by atoms with Crippen LogP contribution in [-0.2, 0) is 16.1 Å². The van der Waals surface area contributed by atoms with Gasteiger partial charge in [-0.3, -0.25) is 0 Å². The van der Waals surface area contributed by atoms with Crippen molar-refractivity contribution in [3.63, 3.8) is 0 Å². The fourth-order valence-corrected chi connectivity index (χ4v) is 2.39. The second-order valence-corrected chi connectivity index (χ2v) is 7.62. The van der Waals surface area contributed by atoms with E-state index in [4.69, 9.17) is 21.7 Å². The first-order valence-electron chi connectivity index (χ1n) is 7.17. The van der Waals surface area contributed by atoms with E-state index in [1.807, 2.05) is 38.3 Å². The summed E-state index contributed by atoms with van der Waals surface area (Å²) < 4.78 is 12.8. The molecule has 0 bridgehead atoms. The molecule has 118 valence electrons. The Morgan fingerprint density at radius 1 is 1.10 bits per heavy atom. The van der Waals surface area contributed by atoms with E-state index in [2.05, 4.69) is 26.0 Å². The Bertz CT molecular complexity index is 441. The highest BCUT2D eigenvalue weighted by Crippen LogP contribution is 2.22. The summed E-state index contributed by atoms with van der Waals surface area (Å²) in [7, 11) is 0. The zero-order valence-electron chi connectivity index (χ0n) is 13.6. The topological polar surface area (TPSA) is 18.5 Å². The van der Waals surface area contributed by atoms with Crippen LogP contribution in [0.5, 0.6) is 0 Å². The van der Waals surface area contributed by atoms with Crippen LogP contribution in [0.1, 0.15) is 39.7 Å². The minimum Gasteiger partial charge on any atom is -0.371 e. The van der Waals surface area contributed by atoms with Gasteiger partial charge >= 0.3 is 0 Å². The summed E-state index contributed by atoms with van der Waals surface area (Å²) >= 11 is 6.89. The van der Waals surface area contributed by atoms with E-state index < -0.39 is 0 Å². The average molecular weight is 327 g/mol. The maximum absolute atomic E-state index is 6.00. The van der Waals surface area contributed by atoms with Crippen molar-refractivity contribution in [2.24, 2.45) is 0 Å². The van der Waals surface area contributed by atoms with Gasteiger partial charge in [0.05, 0.1) is 23.0 Å². The van der Waals surface area contributed by atoms with E-state index in [-0.39, 0.29) is 11.2 Å². The van der Waals surface area contributed by atoms with Gasteiger partial charge in [-0.1, -0.05) is 42.5 Å². The van der Waals surface area contributed by atoms with Gasteiger partial charge < -0.3 is 9.47 Å². The third-order valence-corrected chi connectivity index (χ3v) is 5.17. The number of rotatable bonds is 8. The van der Waals surface area contributed by atoms with Gasteiger partial charge in [-0.25, -0.2) is 0 Å². The first-order valence-corrected chi connectivity index (χ1v) is 8.80. The van der Waals surface area contributed by atoms with Gasteiger partial charge in [0, 0.05) is 0 Å². The SMILES string of the molecule is CSC(=S)C(C)(C)OCCC(C)(C)OCc1ccccc1. The molecule has 0 aliphatic rings. The van der Waals surface area contributed by atoms with Crippen molar-refractivity contribution in [2.75, 3.05) is 12.9 Å². The molecular weight excluding hydrogens is 300 g/mol. The van der Waals surface area contributed by atoms with Crippen molar-refractivity contribution in [3.05, 3.63) is 35.9 Å². The lowest BCUT2D eigenvalue weighted by Gasteiger charge is -2.29. The van der Waals surface area contributed by atoms with E-state index in [9.17, 15) is 0 Å². The molecule has 0 saturated heterocycles. The van der Waals surface area contributed by atoms with Crippen LogP contribution in [0.4, 0.5) is 0 Å². The molecule has 0 N–H and O–H groups in total. The molecule has 2 nitrogen and oxygen atoms in total. The molecule has 0 unspecified atom stereocenters. The van der Waals surface area contributed by atoms with Gasteiger partial charge in [-0.15, -0.1) is 11.8 Å². The summed E-state index contributed by atoms with van der Waals surface area (Å²) in [5, 5.41) is 0. The van der Waals surface area contributed by atoms with Crippen LogP contribution in [0.25, 0.3) is 0 Å². The molecule has 4 heteroatoms. The summed E-state index contributed by atoms with van der Waals surface area (Å²) in [5.41, 5.74) is 0.604. The van der Waals surface area contributed by atoms with E-state index in [0.29, 0.717) is 13.2 Å². The molecule has 0 heterocycles. The van der Waals surface area contributed by atoms with Crippen molar-refractivity contribution in [1.82, 2.24) is 0 Å². The normalized spacial score (nSPS) is 12.4. The summed E-state index contributed by atoms with van der Waals surface area (Å²) in [6.45, 7) is 9.49. The van der Waals surface area contributed by atoms with Crippen LogP contribution in [0.3, 0.4) is 0 Å². The van der Waals surface area contributed by atoms with Crippen LogP contribution in [0.2, 0.25) is 0 Å². The first kappa shape index (κ1) is 18.6. The zero-order chi connectivity index (χ0) is 15.9. The van der Waals surface area contributed by atoms with Gasteiger partial charge in [-0.05, 0) is 45.9 Å². The van der Waals surface area contributed by atoms with E-state index in [1.165, 1.54) is 5.56 Å². The molecule has 0 radical (unpaired) electrons. The molecule has 0 aromatic heterocycles. The molecular formula is C17H26O2S2. The number of ether oxygens (including phenoxy) is 2. The minimum absolute atomic E-state index is 0.215. The second-order valence-electron chi connectivity index (χ2n) is 6.13. The lowest BCUT2D eigenvalue weighted by molar-refractivity contribution is -0.0628. The Hall–Kier alpha value is -0.420. The molecule has 1 aromatic carbocycles. The molecule has 0 spiro atoms. The van der Waals surface area contributed by atoms with Crippen LogP contribution in [0.15, 0.2) is 30.3 Å². The summed E-state index contributed by atoms with van der Waals surface area (Å²) in [6, 6.07) is 10.2. The lowest BCUT2D eigenvalue weighted by atomic mass is 10.1. The molecule has 0 atom stereocenters. The Balaban J connectivity index is 2.37. The highest BCUT2D eigenvalue weighted by atomic mass is 32.2. The van der Waals surface area contributed by atoms with E-state index in [0.717, 1.165) is 10.6 Å². The Labute approximate surface area is 138 Å². The van der Waals surface area contributed by atoms with E-state index in [1.54, 1.807) is 11.8 Å². The van der Waals surface area contributed by atoms with Crippen LogP contribution >= 0.6 is 24.0 Å². The standard InChI is InChI=1S/C17H26O2S2/c1-16(2,19-13-14-9-7-6-8-10-14)11-12-18-17(3,4)15(20)21-5/h6-10H,11-13H2,1-5H3. The molecule has 21 heavy (non-hydrogen) atoms.